The zero-order valence-electron chi connectivity index (χ0n) is 11.7. The second-order valence-electron chi connectivity index (χ2n) is 4.53. The zero-order valence-corrected chi connectivity index (χ0v) is 12.5. The number of nitrogens with zero attached hydrogens (tertiary/aromatic N) is 1. The molecule has 2 rings (SSSR count). The van der Waals surface area contributed by atoms with Crippen LogP contribution in [0.25, 0.3) is 0 Å². The van der Waals surface area contributed by atoms with Crippen LogP contribution in [0, 0.1) is 25.5 Å². The molecule has 2 N–H and O–H groups in total. The Morgan fingerprint density at radius 3 is 2.71 bits per heavy atom. The first kappa shape index (κ1) is 15.5. The summed E-state index contributed by atoms with van der Waals surface area (Å²) in [5, 5.41) is 9.57. The van der Waals surface area contributed by atoms with Crippen LogP contribution in [0.5, 0.6) is 0 Å². The van der Waals surface area contributed by atoms with E-state index in [0.29, 0.717) is 16.3 Å². The van der Waals surface area contributed by atoms with Crippen molar-refractivity contribution in [1.29, 1.82) is 0 Å². The molecule has 2 aromatic rings. The van der Waals surface area contributed by atoms with E-state index in [-0.39, 0.29) is 12.3 Å². The number of nitrogens with one attached hydrogen (secondary N) is 2. The quantitative estimate of drug-likeness (QED) is 0.832. The van der Waals surface area contributed by atoms with Gasteiger partial charge in [0.05, 0.1) is 17.1 Å². The van der Waals surface area contributed by atoms with Crippen molar-refractivity contribution in [3.05, 3.63) is 41.2 Å². The maximum Gasteiger partial charge on any atom is 0.225 e. The highest BCUT2D eigenvalue weighted by Gasteiger charge is 2.10. The molecule has 0 atom stereocenters. The standard InChI is InChI=1S/C14H15F2N3OS/c1-8-14(9(2)19-18-8)17-13(20)5-6-21-10-3-4-11(15)12(16)7-10/h3-4,7H,5-6H2,1-2H3,(H,17,20)(H,18,19). The van der Waals surface area contributed by atoms with Crippen LogP contribution in [0.1, 0.15) is 17.8 Å². The van der Waals surface area contributed by atoms with Crippen LogP contribution in [0.2, 0.25) is 0 Å². The highest BCUT2D eigenvalue weighted by molar-refractivity contribution is 7.99. The molecule has 0 fully saturated rings. The highest BCUT2D eigenvalue weighted by atomic mass is 32.2. The molecule has 0 saturated carbocycles. The summed E-state index contributed by atoms with van der Waals surface area (Å²) in [6.07, 6.45) is 0.272. The Morgan fingerprint density at radius 1 is 1.33 bits per heavy atom. The van der Waals surface area contributed by atoms with Gasteiger partial charge in [0.2, 0.25) is 5.91 Å². The molecule has 1 heterocycles. The van der Waals surface area contributed by atoms with Gasteiger partial charge in [-0.25, -0.2) is 8.78 Å². The van der Waals surface area contributed by atoms with E-state index in [0.717, 1.165) is 23.5 Å². The van der Waals surface area contributed by atoms with Gasteiger partial charge in [-0.15, -0.1) is 11.8 Å². The van der Waals surface area contributed by atoms with Crippen LogP contribution < -0.4 is 5.32 Å². The third-order valence-electron chi connectivity index (χ3n) is 2.88. The molecule has 0 saturated heterocycles. The number of carbonyl (C=O) groups is 1. The van der Waals surface area contributed by atoms with E-state index in [4.69, 9.17) is 0 Å². The minimum absolute atomic E-state index is 0.141. The fourth-order valence-electron chi connectivity index (χ4n) is 1.77. The van der Waals surface area contributed by atoms with Crippen LogP contribution >= 0.6 is 11.8 Å². The average molecular weight is 311 g/mol. The average Bonchev–Trinajstić information content (AvgIpc) is 2.75. The molecule has 0 aliphatic carbocycles. The van der Waals surface area contributed by atoms with Gasteiger partial charge in [0, 0.05) is 17.1 Å². The van der Waals surface area contributed by atoms with Gasteiger partial charge >= 0.3 is 0 Å². The van der Waals surface area contributed by atoms with Crippen molar-refractivity contribution in [2.24, 2.45) is 0 Å². The predicted molar refractivity (Wildman–Crippen MR) is 78.4 cm³/mol. The second-order valence-corrected chi connectivity index (χ2v) is 5.70. The van der Waals surface area contributed by atoms with Gasteiger partial charge in [0.15, 0.2) is 11.6 Å². The van der Waals surface area contributed by atoms with Crippen molar-refractivity contribution in [2.75, 3.05) is 11.1 Å². The third kappa shape index (κ3) is 4.04. The Kier molecular flexibility index (Phi) is 4.95. The van der Waals surface area contributed by atoms with Crippen LogP contribution in [-0.2, 0) is 4.79 Å². The summed E-state index contributed by atoms with van der Waals surface area (Å²) in [5.74, 6) is -1.41. The number of thioether (sulfide) groups is 1. The zero-order chi connectivity index (χ0) is 15.4. The molecule has 0 spiro atoms. The summed E-state index contributed by atoms with van der Waals surface area (Å²) in [7, 11) is 0. The monoisotopic (exact) mass is 311 g/mol. The predicted octanol–water partition coefficient (Wildman–Crippen LogP) is 3.43. The van der Waals surface area contributed by atoms with E-state index in [1.54, 1.807) is 6.92 Å². The molecule has 0 aliphatic rings. The number of anilines is 1. The number of halogens is 2. The fourth-order valence-corrected chi connectivity index (χ4v) is 2.64. The SMILES string of the molecule is Cc1n[nH]c(C)c1NC(=O)CCSc1ccc(F)c(F)c1. The highest BCUT2D eigenvalue weighted by Crippen LogP contribution is 2.22. The summed E-state index contributed by atoms with van der Waals surface area (Å²) in [5.41, 5.74) is 2.22. The lowest BCUT2D eigenvalue weighted by atomic mass is 10.3. The molecule has 1 aromatic carbocycles. The van der Waals surface area contributed by atoms with Crippen molar-refractivity contribution in [2.45, 2.75) is 25.2 Å². The molecule has 0 aliphatic heterocycles. The first-order valence-corrected chi connectivity index (χ1v) is 7.35. The Bertz CT molecular complexity index is 638. The molecule has 4 nitrogen and oxygen atoms in total. The van der Waals surface area contributed by atoms with Crippen LogP contribution in [0.4, 0.5) is 14.5 Å². The van der Waals surface area contributed by atoms with Gasteiger partial charge in [-0.2, -0.15) is 5.10 Å². The number of benzene rings is 1. The van der Waals surface area contributed by atoms with Crippen LogP contribution in [0.15, 0.2) is 23.1 Å². The number of hydrogen-bond donors (Lipinski definition) is 2. The Balaban J connectivity index is 1.83. The molecule has 0 radical (unpaired) electrons. The van der Waals surface area contributed by atoms with Gasteiger partial charge in [-0.05, 0) is 32.0 Å². The molecular formula is C14H15F2N3OS. The summed E-state index contributed by atoms with van der Waals surface area (Å²) in [6, 6.07) is 3.70. The number of amides is 1. The van der Waals surface area contributed by atoms with Crippen molar-refractivity contribution in [3.63, 3.8) is 0 Å². The van der Waals surface area contributed by atoms with Crippen molar-refractivity contribution in [1.82, 2.24) is 10.2 Å². The number of rotatable bonds is 5. The number of hydrogen-bond acceptors (Lipinski definition) is 3. The Hall–Kier alpha value is -1.89. The Morgan fingerprint density at radius 2 is 2.10 bits per heavy atom. The lowest BCUT2D eigenvalue weighted by molar-refractivity contribution is -0.115. The van der Waals surface area contributed by atoms with E-state index in [2.05, 4.69) is 15.5 Å². The van der Waals surface area contributed by atoms with Gasteiger partial charge < -0.3 is 5.32 Å². The third-order valence-corrected chi connectivity index (χ3v) is 3.88. The van der Waals surface area contributed by atoms with Crippen LogP contribution in [-0.4, -0.2) is 21.9 Å². The lowest BCUT2D eigenvalue weighted by Gasteiger charge is -2.05. The lowest BCUT2D eigenvalue weighted by Crippen LogP contribution is -2.13. The van der Waals surface area contributed by atoms with Gasteiger partial charge in [0.25, 0.3) is 0 Å². The topological polar surface area (TPSA) is 57.8 Å². The summed E-state index contributed by atoms with van der Waals surface area (Å²) in [6.45, 7) is 3.63. The summed E-state index contributed by atoms with van der Waals surface area (Å²) >= 11 is 1.30. The summed E-state index contributed by atoms with van der Waals surface area (Å²) in [4.78, 5) is 12.4. The van der Waals surface area contributed by atoms with Crippen molar-refractivity contribution >= 4 is 23.4 Å². The molecule has 0 unspecified atom stereocenters. The maximum atomic E-state index is 13.0. The molecule has 7 heteroatoms. The number of aromatic nitrogens is 2. The first-order chi connectivity index (χ1) is 9.97. The molecular weight excluding hydrogens is 296 g/mol. The molecule has 1 aromatic heterocycles. The first-order valence-electron chi connectivity index (χ1n) is 6.36. The number of carbonyl (C=O) groups excluding carboxylic acids is 1. The van der Waals surface area contributed by atoms with E-state index >= 15 is 0 Å². The van der Waals surface area contributed by atoms with Crippen molar-refractivity contribution < 1.29 is 13.6 Å². The van der Waals surface area contributed by atoms with Gasteiger partial charge in [-0.3, -0.25) is 9.89 Å². The number of aryl methyl sites for hydroxylation is 2. The molecule has 112 valence electrons. The second kappa shape index (κ2) is 6.71. The van der Waals surface area contributed by atoms with E-state index in [1.165, 1.54) is 17.8 Å². The fraction of sp³-hybridized carbons (Fsp3) is 0.286. The molecule has 1 amide bonds. The van der Waals surface area contributed by atoms with Crippen LogP contribution in [0.3, 0.4) is 0 Å². The van der Waals surface area contributed by atoms with Crippen molar-refractivity contribution in [3.8, 4) is 0 Å². The minimum Gasteiger partial charge on any atom is -0.323 e. The maximum absolute atomic E-state index is 13.0. The minimum atomic E-state index is -0.880. The molecule has 21 heavy (non-hydrogen) atoms. The van der Waals surface area contributed by atoms with E-state index in [1.807, 2.05) is 6.92 Å². The molecule has 0 bridgehead atoms. The van der Waals surface area contributed by atoms with E-state index < -0.39 is 11.6 Å². The summed E-state index contributed by atoms with van der Waals surface area (Å²) < 4.78 is 25.8. The van der Waals surface area contributed by atoms with Gasteiger partial charge in [-0.1, -0.05) is 0 Å². The number of aromatic amines is 1. The largest absolute Gasteiger partial charge is 0.323 e. The van der Waals surface area contributed by atoms with Gasteiger partial charge in [0.1, 0.15) is 0 Å². The number of H-pyrrole nitrogens is 1. The normalized spacial score (nSPS) is 10.7. The Labute approximate surface area is 125 Å². The van der Waals surface area contributed by atoms with E-state index in [9.17, 15) is 13.6 Å². The smallest absolute Gasteiger partial charge is 0.225 e.